The quantitative estimate of drug-likeness (QED) is 0.389. The van der Waals surface area contributed by atoms with Crippen LogP contribution in [0.3, 0.4) is 0 Å². The van der Waals surface area contributed by atoms with Crippen LogP contribution in [-0.4, -0.2) is 54.6 Å². The summed E-state index contributed by atoms with van der Waals surface area (Å²) in [6.45, 7) is 7.76. The number of pyridine rings is 1. The lowest BCUT2D eigenvalue weighted by molar-refractivity contribution is 0.0894. The largest absolute Gasteiger partial charge is 0.349 e. The van der Waals surface area contributed by atoms with Crippen LogP contribution in [0.2, 0.25) is 0 Å². The van der Waals surface area contributed by atoms with Gasteiger partial charge in [0.25, 0.3) is 5.78 Å². The highest BCUT2D eigenvalue weighted by Gasteiger charge is 2.37. The first-order valence-corrected chi connectivity index (χ1v) is 12.4. The fourth-order valence-corrected chi connectivity index (χ4v) is 5.40. The molecule has 0 radical (unpaired) electrons. The third-order valence-corrected chi connectivity index (χ3v) is 7.26. The molecule has 1 aliphatic rings. The molecule has 10 heteroatoms. The molecule has 1 aromatic carbocycles. The Morgan fingerprint density at radius 1 is 1.03 bits per heavy atom. The van der Waals surface area contributed by atoms with E-state index in [0.29, 0.717) is 29.4 Å². The molecule has 0 unspecified atom stereocenters. The Morgan fingerprint density at radius 3 is 2.53 bits per heavy atom. The first-order chi connectivity index (χ1) is 17.5. The van der Waals surface area contributed by atoms with Gasteiger partial charge >= 0.3 is 0 Å². The Balaban J connectivity index is 1.58. The molecule has 186 valence electrons. The number of hydrogen-bond acceptors (Lipinski definition) is 7. The Hall–Kier alpha value is -3.71. The maximum atomic E-state index is 14.1. The minimum atomic E-state index is -0.831. The highest BCUT2D eigenvalue weighted by atomic mass is 19.2. The van der Waals surface area contributed by atoms with Gasteiger partial charge in [0.1, 0.15) is 23.6 Å². The summed E-state index contributed by atoms with van der Waals surface area (Å²) < 4.78 is 29.5. The minimum Gasteiger partial charge on any atom is -0.349 e. The summed E-state index contributed by atoms with van der Waals surface area (Å²) in [6, 6.07) is 10.1. The molecule has 3 atom stereocenters. The van der Waals surface area contributed by atoms with E-state index in [2.05, 4.69) is 51.8 Å². The van der Waals surface area contributed by atoms with Crippen molar-refractivity contribution < 1.29 is 8.78 Å². The number of aromatic nitrogens is 5. The molecule has 8 nitrogen and oxygen atoms in total. The van der Waals surface area contributed by atoms with Gasteiger partial charge in [-0.1, -0.05) is 26.8 Å². The van der Waals surface area contributed by atoms with Crippen LogP contribution < -0.4 is 4.90 Å². The molecule has 0 bridgehead atoms. The maximum absolute atomic E-state index is 14.1. The molecular formula is C26H28F2N8. The Morgan fingerprint density at radius 2 is 1.83 bits per heavy atom. The molecule has 0 spiro atoms. The van der Waals surface area contributed by atoms with Crippen LogP contribution in [0.15, 0.2) is 36.7 Å². The number of nitrogens with zero attached hydrogens (tertiary/aromatic N) is 8. The lowest BCUT2D eigenvalue weighted by atomic mass is 9.94. The van der Waals surface area contributed by atoms with Crippen LogP contribution in [0, 0.1) is 23.0 Å². The minimum absolute atomic E-state index is 0.0340. The van der Waals surface area contributed by atoms with Crippen molar-refractivity contribution in [3.05, 3.63) is 59.6 Å². The predicted octanol–water partition coefficient (Wildman–Crippen LogP) is 4.65. The van der Waals surface area contributed by atoms with Crippen molar-refractivity contribution in [3.63, 3.8) is 0 Å². The van der Waals surface area contributed by atoms with Gasteiger partial charge in [0.05, 0.1) is 5.52 Å². The van der Waals surface area contributed by atoms with Crippen LogP contribution in [-0.2, 0) is 0 Å². The smallest absolute Gasteiger partial charge is 0.257 e. The fraction of sp³-hybridized carbons (Fsp3) is 0.423. The maximum Gasteiger partial charge on any atom is 0.257 e. The van der Waals surface area contributed by atoms with E-state index in [1.807, 2.05) is 6.07 Å². The highest BCUT2D eigenvalue weighted by Crippen LogP contribution is 2.36. The van der Waals surface area contributed by atoms with Gasteiger partial charge in [-0.3, -0.25) is 9.30 Å². The van der Waals surface area contributed by atoms with Crippen LogP contribution in [0.5, 0.6) is 0 Å². The van der Waals surface area contributed by atoms with Gasteiger partial charge in [-0.25, -0.2) is 13.8 Å². The van der Waals surface area contributed by atoms with E-state index in [9.17, 15) is 14.0 Å². The van der Waals surface area contributed by atoms with Gasteiger partial charge in [0, 0.05) is 31.2 Å². The normalized spacial score (nSPS) is 19.6. The summed E-state index contributed by atoms with van der Waals surface area (Å²) >= 11 is 0. The molecule has 5 rings (SSSR count). The molecule has 0 N–H and O–H groups in total. The van der Waals surface area contributed by atoms with E-state index in [1.54, 1.807) is 22.9 Å². The zero-order valence-corrected chi connectivity index (χ0v) is 20.6. The number of anilines is 1. The molecule has 3 aromatic heterocycles. The second-order valence-corrected chi connectivity index (χ2v) is 9.18. The van der Waals surface area contributed by atoms with Gasteiger partial charge in [-0.15, -0.1) is 10.2 Å². The van der Waals surface area contributed by atoms with Crippen molar-refractivity contribution in [2.75, 3.05) is 18.0 Å². The van der Waals surface area contributed by atoms with Crippen molar-refractivity contribution in [3.8, 4) is 6.07 Å². The van der Waals surface area contributed by atoms with Crippen LogP contribution in [0.1, 0.15) is 57.3 Å². The van der Waals surface area contributed by atoms with Gasteiger partial charge in [-0.2, -0.15) is 10.2 Å². The number of fused-ring (bicyclic) bond motifs is 3. The Bertz CT molecular complexity index is 1450. The summed E-state index contributed by atoms with van der Waals surface area (Å²) in [5.74, 6) is -0.486. The molecule has 1 saturated heterocycles. The Kier molecular flexibility index (Phi) is 6.49. The molecule has 0 amide bonds. The Labute approximate surface area is 208 Å². The summed E-state index contributed by atoms with van der Waals surface area (Å²) in [7, 11) is 0. The molecule has 1 aliphatic heterocycles. The zero-order valence-electron chi connectivity index (χ0n) is 20.6. The number of piperazine rings is 1. The molecule has 4 heterocycles. The van der Waals surface area contributed by atoms with Gasteiger partial charge in [-0.05, 0) is 49.1 Å². The van der Waals surface area contributed by atoms with E-state index >= 15 is 0 Å². The van der Waals surface area contributed by atoms with Gasteiger partial charge < -0.3 is 4.90 Å². The second-order valence-electron chi connectivity index (χ2n) is 9.18. The molecule has 4 aromatic rings. The van der Waals surface area contributed by atoms with Crippen molar-refractivity contribution >= 4 is 22.6 Å². The number of rotatable bonds is 6. The number of nitriles is 1. The van der Waals surface area contributed by atoms with Crippen molar-refractivity contribution in [1.82, 2.24) is 29.5 Å². The third-order valence-electron chi connectivity index (χ3n) is 7.26. The van der Waals surface area contributed by atoms with Crippen LogP contribution in [0.25, 0.3) is 16.8 Å². The predicted molar refractivity (Wildman–Crippen MR) is 132 cm³/mol. The average Bonchev–Trinajstić information content (AvgIpc) is 3.39. The summed E-state index contributed by atoms with van der Waals surface area (Å²) in [5, 5.41) is 17.7. The van der Waals surface area contributed by atoms with E-state index in [-0.39, 0.29) is 18.1 Å². The average molecular weight is 491 g/mol. The van der Waals surface area contributed by atoms with Gasteiger partial charge in [0.15, 0.2) is 17.5 Å². The summed E-state index contributed by atoms with van der Waals surface area (Å²) in [5.41, 5.74) is 2.53. The van der Waals surface area contributed by atoms with E-state index < -0.39 is 11.6 Å². The van der Waals surface area contributed by atoms with E-state index in [4.69, 9.17) is 4.98 Å². The van der Waals surface area contributed by atoms with Crippen LogP contribution in [0.4, 0.5) is 14.6 Å². The lowest BCUT2D eigenvalue weighted by Gasteiger charge is -2.49. The molecule has 1 fully saturated rings. The summed E-state index contributed by atoms with van der Waals surface area (Å²) in [6.07, 6.45) is 4.09. The van der Waals surface area contributed by atoms with E-state index in [0.717, 1.165) is 36.9 Å². The molecule has 0 aliphatic carbocycles. The third kappa shape index (κ3) is 4.03. The first kappa shape index (κ1) is 24.0. The monoisotopic (exact) mass is 490 g/mol. The van der Waals surface area contributed by atoms with E-state index in [1.165, 1.54) is 12.1 Å². The number of hydrogen-bond donors (Lipinski definition) is 0. The van der Waals surface area contributed by atoms with Crippen LogP contribution >= 0.6 is 0 Å². The van der Waals surface area contributed by atoms with Crippen molar-refractivity contribution in [2.45, 2.75) is 58.2 Å². The zero-order chi connectivity index (χ0) is 25.4. The SMILES string of the molecule is CC[C@H]1CN([C@H](CC)c2ccc(F)c(F)c2)[C@H](CC)CN1c1nc2nncn2c2ccc(C#N)nc12. The van der Waals surface area contributed by atoms with Crippen molar-refractivity contribution in [1.29, 1.82) is 5.26 Å². The van der Waals surface area contributed by atoms with Gasteiger partial charge in [0.2, 0.25) is 0 Å². The lowest BCUT2D eigenvalue weighted by Crippen LogP contribution is -2.59. The van der Waals surface area contributed by atoms with Crippen molar-refractivity contribution in [2.24, 2.45) is 0 Å². The molecule has 0 saturated carbocycles. The topological polar surface area (TPSA) is 86.2 Å². The second kappa shape index (κ2) is 9.74. The number of benzene rings is 1. The molecule has 36 heavy (non-hydrogen) atoms. The number of halogens is 2. The highest BCUT2D eigenvalue weighted by molar-refractivity contribution is 5.88. The fourth-order valence-electron chi connectivity index (χ4n) is 5.40. The molecular weight excluding hydrogens is 462 g/mol. The first-order valence-electron chi connectivity index (χ1n) is 12.4. The summed E-state index contributed by atoms with van der Waals surface area (Å²) in [4.78, 5) is 14.1. The standard InChI is InChI=1S/C26H28F2N8/c1-4-18-14-35(19(5-2)13-34(18)22(6-3)16-7-9-20(27)21(28)11-16)25-24-23(10-8-17(12-29)31-24)36-15-30-33-26(36)32-25/h7-11,15,18-19,22H,4-6,13-14H2,1-3H3/t18-,19+,22-/m1/s1.